The van der Waals surface area contributed by atoms with Crippen LogP contribution in [0.5, 0.6) is 0 Å². The lowest BCUT2D eigenvalue weighted by atomic mass is 10.1. The Kier molecular flexibility index (Phi) is 4.02. The lowest BCUT2D eigenvalue weighted by molar-refractivity contribution is -0.118. The summed E-state index contributed by atoms with van der Waals surface area (Å²) < 4.78 is 13.3. The summed E-state index contributed by atoms with van der Waals surface area (Å²) in [6, 6.07) is 3.73. The zero-order valence-corrected chi connectivity index (χ0v) is 10.1. The van der Waals surface area contributed by atoms with Gasteiger partial charge in [-0.15, -0.1) is 0 Å². The van der Waals surface area contributed by atoms with Crippen LogP contribution in [0.15, 0.2) is 11.1 Å². The van der Waals surface area contributed by atoms with Crippen molar-refractivity contribution in [1.29, 1.82) is 5.26 Å². The molecule has 0 aliphatic carbocycles. The quantitative estimate of drug-likeness (QED) is 0.759. The molecule has 3 nitrogen and oxygen atoms in total. The molecule has 0 saturated heterocycles. The highest BCUT2D eigenvalue weighted by atomic mass is 32.2. The summed E-state index contributed by atoms with van der Waals surface area (Å²) in [5.74, 6) is -0.574. The molecular weight excluding hydrogens is 227 g/mol. The molecule has 0 aromatic carbocycles. The maximum absolute atomic E-state index is 13.3. The average molecular weight is 238 g/mol. The summed E-state index contributed by atoms with van der Waals surface area (Å²) in [5.41, 5.74) is 0.114. The summed E-state index contributed by atoms with van der Waals surface area (Å²) >= 11 is 0.681. The molecule has 1 heterocycles. The molecule has 0 bridgehead atoms. The van der Waals surface area contributed by atoms with Gasteiger partial charge >= 0.3 is 0 Å². The van der Waals surface area contributed by atoms with E-state index < -0.39 is 11.3 Å². The van der Waals surface area contributed by atoms with E-state index in [1.54, 1.807) is 19.9 Å². The smallest absolute Gasteiger partial charge is 0.209 e. The van der Waals surface area contributed by atoms with Crippen molar-refractivity contribution in [1.82, 2.24) is 4.98 Å². The van der Waals surface area contributed by atoms with E-state index in [1.807, 2.05) is 6.07 Å². The molecule has 0 N–H and O–H groups in total. The van der Waals surface area contributed by atoms with E-state index >= 15 is 0 Å². The Morgan fingerprint density at radius 1 is 1.62 bits per heavy atom. The van der Waals surface area contributed by atoms with Crippen molar-refractivity contribution in [3.63, 3.8) is 0 Å². The first-order chi connectivity index (χ1) is 7.45. The topological polar surface area (TPSA) is 53.8 Å². The third-order valence-corrected chi connectivity index (χ3v) is 3.02. The molecular formula is C11H11FN2OS. The van der Waals surface area contributed by atoms with Gasteiger partial charge in [-0.3, -0.25) is 4.79 Å². The van der Waals surface area contributed by atoms with Gasteiger partial charge in [0, 0.05) is 5.69 Å². The molecule has 1 aromatic heterocycles. The first-order valence-electron chi connectivity index (χ1n) is 4.65. The molecule has 0 spiro atoms. The highest BCUT2D eigenvalue weighted by Gasteiger charge is 2.18. The zero-order valence-electron chi connectivity index (χ0n) is 9.24. The molecule has 84 valence electrons. The Labute approximate surface area is 97.7 Å². The van der Waals surface area contributed by atoms with Crippen molar-refractivity contribution in [2.45, 2.75) is 31.3 Å². The van der Waals surface area contributed by atoms with Crippen LogP contribution in [-0.2, 0) is 4.79 Å². The maximum atomic E-state index is 13.3. The Morgan fingerprint density at radius 2 is 2.25 bits per heavy atom. The van der Waals surface area contributed by atoms with Crippen LogP contribution in [0.25, 0.3) is 0 Å². The van der Waals surface area contributed by atoms with Gasteiger partial charge in [-0.2, -0.15) is 5.26 Å². The molecule has 0 saturated carbocycles. The van der Waals surface area contributed by atoms with Crippen LogP contribution in [0.2, 0.25) is 0 Å². The minimum atomic E-state index is -1.67. The first kappa shape index (κ1) is 12.7. The molecule has 1 atom stereocenters. The molecule has 0 fully saturated rings. The van der Waals surface area contributed by atoms with Crippen LogP contribution in [0.3, 0.4) is 0 Å². The summed E-state index contributed by atoms with van der Waals surface area (Å²) in [7, 11) is 0. The second-order valence-corrected chi connectivity index (χ2v) is 4.45. The van der Waals surface area contributed by atoms with E-state index in [-0.39, 0.29) is 5.03 Å². The van der Waals surface area contributed by atoms with Crippen LogP contribution >= 0.6 is 11.8 Å². The van der Waals surface area contributed by atoms with Crippen molar-refractivity contribution in [2.75, 3.05) is 0 Å². The monoisotopic (exact) mass is 238 g/mol. The van der Waals surface area contributed by atoms with E-state index in [0.29, 0.717) is 23.0 Å². The first-order valence-corrected chi connectivity index (χ1v) is 5.53. The molecule has 0 radical (unpaired) electrons. The number of nitrogens with zero attached hydrogens (tertiary/aromatic N) is 2. The van der Waals surface area contributed by atoms with Crippen LogP contribution in [0, 0.1) is 25.2 Å². The molecule has 1 rings (SSSR count). The fourth-order valence-electron chi connectivity index (χ4n) is 1.20. The second-order valence-electron chi connectivity index (χ2n) is 3.42. The highest BCUT2D eigenvalue weighted by Crippen LogP contribution is 2.28. The third kappa shape index (κ3) is 2.80. The largest absolute Gasteiger partial charge is 0.296 e. The van der Waals surface area contributed by atoms with Crippen LogP contribution in [-0.4, -0.2) is 16.3 Å². The number of carbonyl (C=O) groups is 1. The van der Waals surface area contributed by atoms with Gasteiger partial charge in [0.05, 0.1) is 5.56 Å². The van der Waals surface area contributed by atoms with E-state index in [0.717, 1.165) is 5.56 Å². The van der Waals surface area contributed by atoms with Gasteiger partial charge in [-0.05, 0) is 32.4 Å². The number of carbonyl (C=O) groups excluding carboxylic acids is 1. The normalized spacial score (nSPS) is 11.9. The number of aromatic nitrogens is 1. The number of hydrogen-bond donors (Lipinski definition) is 0. The van der Waals surface area contributed by atoms with Gasteiger partial charge in [0.1, 0.15) is 11.1 Å². The third-order valence-electron chi connectivity index (χ3n) is 1.96. The number of rotatable bonds is 3. The number of halogens is 1. The van der Waals surface area contributed by atoms with Gasteiger partial charge in [0.2, 0.25) is 5.50 Å². The second kappa shape index (κ2) is 5.08. The lowest BCUT2D eigenvalue weighted by Gasteiger charge is -2.08. The number of hydrogen-bond acceptors (Lipinski definition) is 4. The van der Waals surface area contributed by atoms with Gasteiger partial charge in [0.15, 0.2) is 5.78 Å². The van der Waals surface area contributed by atoms with E-state index in [9.17, 15) is 9.18 Å². The fourth-order valence-corrected chi connectivity index (χ4v) is 2.09. The standard InChI is InChI=1S/C11H11FN2OS/c1-6-4-7(2)14-11(9(6)5-13)16-10(12)8(3)15/h4,10H,1-3H3. The van der Waals surface area contributed by atoms with Crippen LogP contribution < -0.4 is 0 Å². The minimum absolute atomic E-state index is 0.280. The van der Waals surface area contributed by atoms with E-state index in [4.69, 9.17) is 5.26 Å². The van der Waals surface area contributed by atoms with Crippen molar-refractivity contribution >= 4 is 17.5 Å². The van der Waals surface area contributed by atoms with Crippen molar-refractivity contribution < 1.29 is 9.18 Å². The minimum Gasteiger partial charge on any atom is -0.296 e. The molecule has 0 aliphatic heterocycles. The van der Waals surface area contributed by atoms with E-state index in [2.05, 4.69) is 4.98 Å². The zero-order chi connectivity index (χ0) is 12.3. The Morgan fingerprint density at radius 3 is 2.75 bits per heavy atom. The van der Waals surface area contributed by atoms with Crippen molar-refractivity contribution in [3.8, 4) is 6.07 Å². The maximum Gasteiger partial charge on any atom is 0.209 e. The van der Waals surface area contributed by atoms with Crippen LogP contribution in [0.1, 0.15) is 23.7 Å². The lowest BCUT2D eigenvalue weighted by Crippen LogP contribution is -2.08. The molecule has 1 aromatic rings. The van der Waals surface area contributed by atoms with Gasteiger partial charge in [-0.25, -0.2) is 9.37 Å². The number of nitriles is 1. The number of aryl methyl sites for hydroxylation is 2. The molecule has 5 heteroatoms. The Balaban J connectivity index is 3.13. The van der Waals surface area contributed by atoms with Crippen molar-refractivity contribution in [3.05, 3.63) is 22.9 Å². The summed E-state index contributed by atoms with van der Waals surface area (Å²) in [4.78, 5) is 14.9. The van der Waals surface area contributed by atoms with Crippen molar-refractivity contribution in [2.24, 2.45) is 0 Å². The van der Waals surface area contributed by atoms with Crippen LogP contribution in [0.4, 0.5) is 4.39 Å². The number of alkyl halides is 1. The summed E-state index contributed by atoms with van der Waals surface area (Å²) in [6.07, 6.45) is 0. The number of pyridine rings is 1. The highest BCUT2D eigenvalue weighted by molar-refractivity contribution is 8.00. The number of thioether (sulfide) groups is 1. The molecule has 16 heavy (non-hydrogen) atoms. The van der Waals surface area contributed by atoms with Gasteiger partial charge in [-0.1, -0.05) is 11.8 Å². The molecule has 0 amide bonds. The molecule has 1 unspecified atom stereocenters. The average Bonchev–Trinajstić information content (AvgIpc) is 2.16. The SMILES string of the molecule is CC(=O)C(F)Sc1nc(C)cc(C)c1C#N. The number of Topliss-reactive ketones (excluding diaryl/α,β-unsaturated/α-hetero) is 1. The summed E-state index contributed by atoms with van der Waals surface area (Å²) in [6.45, 7) is 4.70. The summed E-state index contributed by atoms with van der Waals surface area (Å²) in [5, 5.41) is 9.21. The predicted molar refractivity (Wildman–Crippen MR) is 59.9 cm³/mol. The number of ketones is 1. The predicted octanol–water partition coefficient (Wildman–Crippen LogP) is 2.55. The van der Waals surface area contributed by atoms with Gasteiger partial charge in [0.25, 0.3) is 0 Å². The van der Waals surface area contributed by atoms with Gasteiger partial charge < -0.3 is 0 Å². The Bertz CT molecular complexity index is 468. The van der Waals surface area contributed by atoms with E-state index in [1.165, 1.54) is 6.92 Å². The Hall–Kier alpha value is -1.41. The molecule has 0 aliphatic rings. The fraction of sp³-hybridized carbons (Fsp3) is 0.364.